The number of anilines is 1. The summed E-state index contributed by atoms with van der Waals surface area (Å²) in [6, 6.07) is 5.93. The number of rotatable bonds is 4. The molecule has 0 amide bonds. The fourth-order valence-electron chi connectivity index (χ4n) is 1.90. The SMILES string of the molecule is Cc1nc(CN(C)c2ccc([C@H](C)O)cc2Br)cs1. The number of hydrogen-bond acceptors (Lipinski definition) is 4. The fraction of sp³-hybridized carbons (Fsp3) is 0.357. The van der Waals surface area contributed by atoms with Crippen molar-refractivity contribution in [2.75, 3.05) is 11.9 Å². The highest BCUT2D eigenvalue weighted by molar-refractivity contribution is 9.10. The first-order valence-corrected chi connectivity index (χ1v) is 7.74. The van der Waals surface area contributed by atoms with Crippen molar-refractivity contribution < 1.29 is 5.11 Å². The maximum absolute atomic E-state index is 9.57. The summed E-state index contributed by atoms with van der Waals surface area (Å²) >= 11 is 5.23. The van der Waals surface area contributed by atoms with Gasteiger partial charge in [-0.05, 0) is 47.5 Å². The van der Waals surface area contributed by atoms with Crippen LogP contribution in [-0.4, -0.2) is 17.1 Å². The van der Waals surface area contributed by atoms with E-state index in [0.717, 1.165) is 33.0 Å². The Kier molecular flexibility index (Phi) is 4.60. The topological polar surface area (TPSA) is 36.4 Å². The maximum Gasteiger partial charge on any atom is 0.0898 e. The highest BCUT2D eigenvalue weighted by atomic mass is 79.9. The number of aromatic nitrogens is 1. The van der Waals surface area contributed by atoms with E-state index in [4.69, 9.17) is 0 Å². The third kappa shape index (κ3) is 3.55. The van der Waals surface area contributed by atoms with Gasteiger partial charge in [0.25, 0.3) is 0 Å². The van der Waals surface area contributed by atoms with Crippen molar-refractivity contribution >= 4 is 33.0 Å². The van der Waals surface area contributed by atoms with E-state index in [1.54, 1.807) is 18.3 Å². The van der Waals surface area contributed by atoms with Crippen molar-refractivity contribution in [1.29, 1.82) is 0 Å². The van der Waals surface area contributed by atoms with Gasteiger partial charge in [-0.15, -0.1) is 11.3 Å². The molecule has 0 saturated carbocycles. The normalized spacial score (nSPS) is 12.5. The van der Waals surface area contributed by atoms with Gasteiger partial charge in [0.1, 0.15) is 0 Å². The molecular formula is C14H17BrN2OS. The second-order valence-electron chi connectivity index (χ2n) is 4.60. The van der Waals surface area contributed by atoms with Gasteiger partial charge in [0.05, 0.1) is 29.0 Å². The molecule has 0 aliphatic rings. The van der Waals surface area contributed by atoms with Crippen LogP contribution in [0.4, 0.5) is 5.69 Å². The molecule has 19 heavy (non-hydrogen) atoms. The molecular weight excluding hydrogens is 324 g/mol. The summed E-state index contributed by atoms with van der Waals surface area (Å²) in [6.07, 6.45) is -0.447. The minimum absolute atomic E-state index is 0.447. The average Bonchev–Trinajstić information content (AvgIpc) is 2.74. The van der Waals surface area contributed by atoms with E-state index < -0.39 is 6.10 Å². The van der Waals surface area contributed by atoms with E-state index in [2.05, 4.69) is 31.2 Å². The van der Waals surface area contributed by atoms with Crippen LogP contribution in [0.2, 0.25) is 0 Å². The van der Waals surface area contributed by atoms with Gasteiger partial charge in [0.2, 0.25) is 0 Å². The second-order valence-corrected chi connectivity index (χ2v) is 6.52. The Balaban J connectivity index is 2.17. The zero-order chi connectivity index (χ0) is 14.0. The van der Waals surface area contributed by atoms with Gasteiger partial charge >= 0.3 is 0 Å². The third-order valence-electron chi connectivity index (χ3n) is 2.93. The Hall–Kier alpha value is -0.910. The molecule has 0 aliphatic carbocycles. The molecule has 1 aromatic heterocycles. The Morgan fingerprint density at radius 3 is 2.74 bits per heavy atom. The monoisotopic (exact) mass is 340 g/mol. The van der Waals surface area contributed by atoms with E-state index in [1.165, 1.54) is 0 Å². The lowest BCUT2D eigenvalue weighted by atomic mass is 10.1. The predicted octanol–water partition coefficient (Wildman–Crippen LogP) is 3.90. The predicted molar refractivity (Wildman–Crippen MR) is 83.7 cm³/mol. The van der Waals surface area contributed by atoms with Crippen LogP contribution in [0.25, 0.3) is 0 Å². The number of halogens is 1. The van der Waals surface area contributed by atoms with Gasteiger partial charge in [-0.2, -0.15) is 0 Å². The number of benzene rings is 1. The van der Waals surface area contributed by atoms with Gasteiger partial charge in [-0.1, -0.05) is 6.07 Å². The molecule has 2 rings (SSSR count). The van der Waals surface area contributed by atoms with Gasteiger partial charge in [0, 0.05) is 16.9 Å². The Morgan fingerprint density at radius 1 is 1.47 bits per heavy atom. The Morgan fingerprint density at radius 2 is 2.21 bits per heavy atom. The molecule has 0 spiro atoms. The molecule has 0 aliphatic heterocycles. The van der Waals surface area contributed by atoms with Crippen LogP contribution in [0.3, 0.4) is 0 Å². The van der Waals surface area contributed by atoms with Crippen molar-refractivity contribution in [3.8, 4) is 0 Å². The highest BCUT2D eigenvalue weighted by Crippen LogP contribution is 2.29. The molecule has 1 N–H and O–H groups in total. The maximum atomic E-state index is 9.57. The fourth-order valence-corrected chi connectivity index (χ4v) is 3.20. The lowest BCUT2D eigenvalue weighted by Gasteiger charge is -2.20. The number of aryl methyl sites for hydroxylation is 1. The smallest absolute Gasteiger partial charge is 0.0898 e. The summed E-state index contributed by atoms with van der Waals surface area (Å²) in [5, 5.41) is 12.7. The standard InChI is InChI=1S/C14H17BrN2OS/c1-9(18)11-4-5-14(13(15)6-11)17(3)7-12-8-19-10(2)16-12/h4-6,8-9,18H,7H2,1-3H3/t9-/m0/s1. The van der Waals surface area contributed by atoms with Gasteiger partial charge < -0.3 is 10.0 Å². The average molecular weight is 341 g/mol. The quantitative estimate of drug-likeness (QED) is 0.916. The van der Waals surface area contributed by atoms with E-state index >= 15 is 0 Å². The summed E-state index contributed by atoms with van der Waals surface area (Å²) < 4.78 is 0.986. The first kappa shape index (κ1) is 14.5. The van der Waals surface area contributed by atoms with Crippen LogP contribution in [-0.2, 0) is 6.54 Å². The third-order valence-corrected chi connectivity index (χ3v) is 4.39. The number of hydrogen-bond donors (Lipinski definition) is 1. The Labute approximate surface area is 126 Å². The minimum Gasteiger partial charge on any atom is -0.389 e. The first-order chi connectivity index (χ1) is 8.97. The molecule has 1 heterocycles. The molecule has 5 heteroatoms. The molecule has 0 fully saturated rings. The Bertz CT molecular complexity index is 568. The first-order valence-electron chi connectivity index (χ1n) is 6.07. The number of thiazole rings is 1. The molecule has 1 aromatic carbocycles. The molecule has 0 unspecified atom stereocenters. The summed E-state index contributed by atoms with van der Waals surface area (Å²) in [5.41, 5.74) is 3.08. The van der Waals surface area contributed by atoms with E-state index in [1.807, 2.05) is 32.2 Å². The van der Waals surface area contributed by atoms with Gasteiger partial charge in [0.15, 0.2) is 0 Å². The van der Waals surface area contributed by atoms with Crippen LogP contribution in [0.1, 0.15) is 29.3 Å². The minimum atomic E-state index is -0.447. The zero-order valence-corrected chi connectivity index (χ0v) is 13.6. The van der Waals surface area contributed by atoms with E-state index in [0.29, 0.717) is 0 Å². The summed E-state index contributed by atoms with van der Waals surface area (Å²) in [5.74, 6) is 0. The van der Waals surface area contributed by atoms with Crippen LogP contribution < -0.4 is 4.90 Å². The van der Waals surface area contributed by atoms with Crippen molar-refractivity contribution in [2.24, 2.45) is 0 Å². The highest BCUT2D eigenvalue weighted by Gasteiger charge is 2.10. The summed E-state index contributed by atoms with van der Waals surface area (Å²) in [4.78, 5) is 6.62. The van der Waals surface area contributed by atoms with Gasteiger partial charge in [-0.25, -0.2) is 4.98 Å². The van der Waals surface area contributed by atoms with Crippen molar-refractivity contribution in [2.45, 2.75) is 26.5 Å². The van der Waals surface area contributed by atoms with Crippen LogP contribution in [0.5, 0.6) is 0 Å². The molecule has 3 nitrogen and oxygen atoms in total. The lowest BCUT2D eigenvalue weighted by molar-refractivity contribution is 0.199. The van der Waals surface area contributed by atoms with E-state index in [-0.39, 0.29) is 0 Å². The van der Waals surface area contributed by atoms with Crippen molar-refractivity contribution in [3.63, 3.8) is 0 Å². The van der Waals surface area contributed by atoms with E-state index in [9.17, 15) is 5.11 Å². The van der Waals surface area contributed by atoms with Crippen LogP contribution in [0, 0.1) is 6.92 Å². The molecule has 2 aromatic rings. The van der Waals surface area contributed by atoms with Crippen molar-refractivity contribution in [1.82, 2.24) is 4.98 Å². The largest absolute Gasteiger partial charge is 0.389 e. The zero-order valence-electron chi connectivity index (χ0n) is 11.2. The molecule has 0 radical (unpaired) electrons. The number of nitrogens with zero attached hydrogens (tertiary/aromatic N) is 2. The number of aliphatic hydroxyl groups excluding tert-OH is 1. The molecule has 0 saturated heterocycles. The summed E-state index contributed by atoms with van der Waals surface area (Å²) in [7, 11) is 2.04. The molecule has 102 valence electrons. The molecule has 1 atom stereocenters. The van der Waals surface area contributed by atoms with Crippen LogP contribution in [0.15, 0.2) is 28.1 Å². The van der Waals surface area contributed by atoms with Crippen LogP contribution >= 0.6 is 27.3 Å². The number of aliphatic hydroxyl groups is 1. The van der Waals surface area contributed by atoms with Crippen molar-refractivity contribution in [3.05, 3.63) is 44.3 Å². The molecule has 0 bridgehead atoms. The lowest BCUT2D eigenvalue weighted by Crippen LogP contribution is -2.17. The van der Waals surface area contributed by atoms with Gasteiger partial charge in [-0.3, -0.25) is 0 Å². The second kappa shape index (κ2) is 6.03. The summed E-state index contributed by atoms with van der Waals surface area (Å²) in [6.45, 7) is 4.56.